The van der Waals surface area contributed by atoms with E-state index in [0.717, 1.165) is 31.4 Å². The van der Waals surface area contributed by atoms with Crippen LogP contribution in [-0.4, -0.2) is 5.78 Å². The fourth-order valence-corrected chi connectivity index (χ4v) is 3.43. The Morgan fingerprint density at radius 3 is 2.53 bits per heavy atom. The van der Waals surface area contributed by atoms with Crippen LogP contribution in [0.25, 0.3) is 0 Å². The highest BCUT2D eigenvalue weighted by molar-refractivity contribution is 5.98. The van der Waals surface area contributed by atoms with Gasteiger partial charge in [0.25, 0.3) is 0 Å². The summed E-state index contributed by atoms with van der Waals surface area (Å²) < 4.78 is 25.9. The number of rotatable bonds is 2. The predicted molar refractivity (Wildman–Crippen MR) is 59.6 cm³/mol. The molecule has 2 aliphatic rings. The van der Waals surface area contributed by atoms with Gasteiger partial charge in [-0.05, 0) is 49.3 Å². The zero-order chi connectivity index (χ0) is 12.0. The van der Waals surface area contributed by atoms with Crippen molar-refractivity contribution < 1.29 is 13.6 Å². The molecule has 1 aromatic rings. The average Bonchev–Trinajstić information content (AvgIpc) is 2.93. The van der Waals surface area contributed by atoms with Crippen LogP contribution in [0.5, 0.6) is 0 Å². The average molecular weight is 236 g/mol. The van der Waals surface area contributed by atoms with E-state index in [4.69, 9.17) is 0 Å². The highest BCUT2D eigenvalue weighted by Gasteiger charge is 2.43. The molecule has 0 radical (unpaired) electrons. The van der Waals surface area contributed by atoms with Crippen molar-refractivity contribution in [3.05, 3.63) is 35.4 Å². The summed E-state index contributed by atoms with van der Waals surface area (Å²) in [6, 6.07) is 3.46. The lowest BCUT2D eigenvalue weighted by molar-refractivity contribution is 0.0874. The Balaban J connectivity index is 1.84. The van der Waals surface area contributed by atoms with E-state index >= 15 is 0 Å². The molecule has 1 nitrogen and oxygen atoms in total. The maximum atomic E-state index is 13.1. The van der Waals surface area contributed by atoms with E-state index in [1.807, 2.05) is 0 Å². The lowest BCUT2D eigenvalue weighted by atomic mass is 9.83. The molecule has 0 N–H and O–H groups in total. The molecule has 17 heavy (non-hydrogen) atoms. The summed E-state index contributed by atoms with van der Waals surface area (Å²) in [5, 5.41) is 0. The predicted octanol–water partition coefficient (Wildman–Crippen LogP) is 3.58. The van der Waals surface area contributed by atoms with E-state index < -0.39 is 11.6 Å². The monoisotopic (exact) mass is 236 g/mol. The number of carbonyl (C=O) groups excluding carboxylic acids is 1. The number of halogens is 2. The second-order valence-electron chi connectivity index (χ2n) is 5.27. The number of ketones is 1. The van der Waals surface area contributed by atoms with E-state index in [9.17, 15) is 13.6 Å². The first-order valence-electron chi connectivity index (χ1n) is 6.14. The first-order valence-corrected chi connectivity index (χ1v) is 6.14. The van der Waals surface area contributed by atoms with Crippen molar-refractivity contribution in [2.75, 3.05) is 0 Å². The van der Waals surface area contributed by atoms with E-state index in [1.54, 1.807) is 0 Å². The molecule has 0 amide bonds. The second-order valence-corrected chi connectivity index (χ2v) is 5.27. The molecule has 90 valence electrons. The topological polar surface area (TPSA) is 17.1 Å². The minimum atomic E-state index is -0.931. The van der Waals surface area contributed by atoms with Gasteiger partial charge in [-0.3, -0.25) is 4.79 Å². The summed E-state index contributed by atoms with van der Waals surface area (Å²) in [4.78, 5) is 12.2. The molecule has 0 heterocycles. The van der Waals surface area contributed by atoms with Crippen LogP contribution in [0, 0.1) is 29.4 Å². The van der Waals surface area contributed by atoms with E-state index in [-0.39, 0.29) is 11.7 Å². The standard InChI is InChI=1S/C14H14F2O/c15-12-4-3-10(7-13(12)16)14(17)11-6-8-1-2-9(11)5-8/h3-4,7-9,11H,1-2,5-6H2. The Morgan fingerprint density at radius 2 is 1.94 bits per heavy atom. The van der Waals surface area contributed by atoms with Crippen molar-refractivity contribution in [1.82, 2.24) is 0 Å². The maximum Gasteiger partial charge on any atom is 0.166 e. The Morgan fingerprint density at radius 1 is 1.12 bits per heavy atom. The molecule has 3 heteroatoms. The van der Waals surface area contributed by atoms with Gasteiger partial charge in [0, 0.05) is 11.5 Å². The molecule has 3 rings (SSSR count). The molecule has 2 bridgehead atoms. The highest BCUT2D eigenvalue weighted by Crippen LogP contribution is 2.49. The summed E-state index contributed by atoms with van der Waals surface area (Å²) >= 11 is 0. The van der Waals surface area contributed by atoms with Crippen LogP contribution in [0.3, 0.4) is 0 Å². The van der Waals surface area contributed by atoms with Crippen molar-refractivity contribution in [2.24, 2.45) is 17.8 Å². The first kappa shape index (κ1) is 10.9. The van der Waals surface area contributed by atoms with Crippen molar-refractivity contribution in [2.45, 2.75) is 25.7 Å². The summed E-state index contributed by atoms with van der Waals surface area (Å²) in [6.07, 6.45) is 4.42. The molecule has 1 aromatic carbocycles. The van der Waals surface area contributed by atoms with Crippen LogP contribution >= 0.6 is 0 Å². The quantitative estimate of drug-likeness (QED) is 0.717. The van der Waals surface area contributed by atoms with Crippen molar-refractivity contribution >= 4 is 5.78 Å². The third-order valence-electron chi connectivity index (χ3n) is 4.28. The van der Waals surface area contributed by atoms with Crippen molar-refractivity contribution in [3.63, 3.8) is 0 Å². The van der Waals surface area contributed by atoms with Crippen LogP contribution in [0.15, 0.2) is 18.2 Å². The molecule has 0 aromatic heterocycles. The molecule has 0 aliphatic heterocycles. The van der Waals surface area contributed by atoms with Gasteiger partial charge in [-0.25, -0.2) is 8.78 Å². The number of benzene rings is 1. The second kappa shape index (κ2) is 3.90. The van der Waals surface area contributed by atoms with Gasteiger partial charge in [0.15, 0.2) is 17.4 Å². The fraction of sp³-hybridized carbons (Fsp3) is 0.500. The van der Waals surface area contributed by atoms with Crippen LogP contribution in [0.4, 0.5) is 8.78 Å². The summed E-state index contributed by atoms with van der Waals surface area (Å²) in [7, 11) is 0. The summed E-state index contributed by atoms with van der Waals surface area (Å²) in [6.45, 7) is 0. The van der Waals surface area contributed by atoms with Gasteiger partial charge in [-0.1, -0.05) is 6.42 Å². The van der Waals surface area contributed by atoms with Crippen molar-refractivity contribution in [1.29, 1.82) is 0 Å². The van der Waals surface area contributed by atoms with Crippen molar-refractivity contribution in [3.8, 4) is 0 Å². The van der Waals surface area contributed by atoms with Gasteiger partial charge < -0.3 is 0 Å². The van der Waals surface area contributed by atoms with Crippen LogP contribution in [-0.2, 0) is 0 Å². The SMILES string of the molecule is O=C(c1ccc(F)c(F)c1)C1CC2CCC1C2. The van der Waals surface area contributed by atoms with Gasteiger partial charge in [0.1, 0.15) is 0 Å². The Hall–Kier alpha value is -1.25. The molecular weight excluding hydrogens is 222 g/mol. The lowest BCUT2D eigenvalue weighted by Gasteiger charge is -2.20. The summed E-state index contributed by atoms with van der Waals surface area (Å²) in [5.74, 6) is -0.636. The molecular formula is C14H14F2O. The molecule has 2 aliphatic carbocycles. The normalized spacial score (nSPS) is 30.8. The molecule has 2 saturated carbocycles. The van der Waals surface area contributed by atoms with E-state index in [2.05, 4.69) is 0 Å². The molecule has 3 atom stereocenters. The Labute approximate surface area is 98.8 Å². The number of fused-ring (bicyclic) bond motifs is 2. The van der Waals surface area contributed by atoms with Crippen LogP contribution in [0.1, 0.15) is 36.0 Å². The number of carbonyl (C=O) groups is 1. The Kier molecular flexibility index (Phi) is 2.49. The Bertz CT molecular complexity index is 469. The van der Waals surface area contributed by atoms with Gasteiger partial charge in [0.2, 0.25) is 0 Å². The number of Topliss-reactive ketones (excluding diaryl/α,β-unsaturated/α-hetero) is 1. The highest BCUT2D eigenvalue weighted by atomic mass is 19.2. The molecule has 0 spiro atoms. The zero-order valence-corrected chi connectivity index (χ0v) is 9.46. The van der Waals surface area contributed by atoms with E-state index in [1.165, 1.54) is 12.5 Å². The third kappa shape index (κ3) is 1.78. The summed E-state index contributed by atoms with van der Waals surface area (Å²) in [5.41, 5.74) is 0.321. The van der Waals surface area contributed by atoms with Crippen LogP contribution < -0.4 is 0 Å². The largest absolute Gasteiger partial charge is 0.294 e. The fourth-order valence-electron chi connectivity index (χ4n) is 3.43. The van der Waals surface area contributed by atoms with Crippen LogP contribution in [0.2, 0.25) is 0 Å². The van der Waals surface area contributed by atoms with E-state index in [0.29, 0.717) is 17.4 Å². The zero-order valence-electron chi connectivity index (χ0n) is 9.46. The number of hydrogen-bond donors (Lipinski definition) is 0. The minimum absolute atomic E-state index is 0.00361. The number of hydrogen-bond acceptors (Lipinski definition) is 1. The first-order chi connectivity index (χ1) is 8.15. The minimum Gasteiger partial charge on any atom is -0.294 e. The van der Waals surface area contributed by atoms with Gasteiger partial charge >= 0.3 is 0 Å². The lowest BCUT2D eigenvalue weighted by Crippen LogP contribution is -2.21. The van der Waals surface area contributed by atoms with Gasteiger partial charge in [-0.2, -0.15) is 0 Å². The maximum absolute atomic E-state index is 13.1. The van der Waals surface area contributed by atoms with Gasteiger partial charge in [-0.15, -0.1) is 0 Å². The third-order valence-corrected chi connectivity index (χ3v) is 4.28. The molecule has 2 fully saturated rings. The smallest absolute Gasteiger partial charge is 0.166 e. The molecule has 3 unspecified atom stereocenters. The van der Waals surface area contributed by atoms with Gasteiger partial charge in [0.05, 0.1) is 0 Å². The molecule has 0 saturated heterocycles.